The van der Waals surface area contributed by atoms with Crippen LogP contribution >= 0.6 is 0 Å². The molecule has 14 heavy (non-hydrogen) atoms. The van der Waals surface area contributed by atoms with Gasteiger partial charge in [-0.15, -0.1) is 0 Å². The van der Waals surface area contributed by atoms with Crippen molar-refractivity contribution in [3.8, 4) is 0 Å². The first-order valence-electron chi connectivity index (χ1n) is 5.07. The van der Waals surface area contributed by atoms with Crippen LogP contribution in [0.3, 0.4) is 0 Å². The highest BCUT2D eigenvalue weighted by molar-refractivity contribution is 5.79. The molecule has 1 aliphatic heterocycles. The highest BCUT2D eigenvalue weighted by Gasteiger charge is 2.17. The first-order valence-corrected chi connectivity index (χ1v) is 5.07. The molecule has 0 aliphatic carbocycles. The maximum absolute atomic E-state index is 4.11. The van der Waals surface area contributed by atoms with Gasteiger partial charge >= 0.3 is 0 Å². The molecule has 3 rings (SSSR count). The SMILES string of the molecule is c1cc2cc(C3CCNC3)[nH]c2cn1. The average molecular weight is 187 g/mol. The van der Waals surface area contributed by atoms with E-state index < -0.39 is 0 Å². The zero-order valence-corrected chi connectivity index (χ0v) is 7.96. The smallest absolute Gasteiger partial charge is 0.0642 e. The first kappa shape index (κ1) is 8.00. The van der Waals surface area contributed by atoms with Gasteiger partial charge in [0.2, 0.25) is 0 Å². The summed E-state index contributed by atoms with van der Waals surface area (Å²) in [6, 6.07) is 4.30. The quantitative estimate of drug-likeness (QED) is 0.712. The molecule has 0 bridgehead atoms. The lowest BCUT2D eigenvalue weighted by atomic mass is 10.1. The fourth-order valence-corrected chi connectivity index (χ4v) is 2.13. The van der Waals surface area contributed by atoms with Gasteiger partial charge in [-0.3, -0.25) is 4.98 Å². The average Bonchev–Trinajstić information content (AvgIpc) is 2.86. The van der Waals surface area contributed by atoms with Crippen LogP contribution in [0.4, 0.5) is 0 Å². The van der Waals surface area contributed by atoms with Crippen LogP contribution in [-0.2, 0) is 0 Å². The van der Waals surface area contributed by atoms with Crippen molar-refractivity contribution in [2.45, 2.75) is 12.3 Å². The van der Waals surface area contributed by atoms with Crippen LogP contribution in [0.1, 0.15) is 18.0 Å². The molecule has 72 valence electrons. The molecular formula is C11H13N3. The van der Waals surface area contributed by atoms with Crippen LogP contribution in [-0.4, -0.2) is 23.1 Å². The molecule has 1 fully saturated rings. The Labute approximate surface area is 82.5 Å². The van der Waals surface area contributed by atoms with Gasteiger partial charge in [-0.05, 0) is 25.1 Å². The molecule has 1 saturated heterocycles. The lowest BCUT2D eigenvalue weighted by Crippen LogP contribution is -2.07. The van der Waals surface area contributed by atoms with Gasteiger partial charge in [0.1, 0.15) is 0 Å². The third kappa shape index (κ3) is 1.21. The lowest BCUT2D eigenvalue weighted by Gasteiger charge is -2.03. The number of aromatic amines is 1. The topological polar surface area (TPSA) is 40.7 Å². The van der Waals surface area contributed by atoms with E-state index >= 15 is 0 Å². The standard InChI is InChI=1S/C11H13N3/c1-3-13-7-11-8(1)5-10(14-11)9-2-4-12-6-9/h1,3,5,7,9,12,14H,2,4,6H2. The second-order valence-corrected chi connectivity index (χ2v) is 3.88. The van der Waals surface area contributed by atoms with E-state index in [1.807, 2.05) is 12.4 Å². The number of rotatable bonds is 1. The molecule has 2 aromatic heterocycles. The van der Waals surface area contributed by atoms with Gasteiger partial charge in [0.25, 0.3) is 0 Å². The Morgan fingerprint density at radius 3 is 3.21 bits per heavy atom. The Hall–Kier alpha value is -1.35. The van der Waals surface area contributed by atoms with Crippen molar-refractivity contribution < 1.29 is 0 Å². The Bertz CT molecular complexity index is 407. The maximum atomic E-state index is 4.11. The summed E-state index contributed by atoms with van der Waals surface area (Å²) < 4.78 is 0. The largest absolute Gasteiger partial charge is 0.357 e. The normalized spacial score (nSPS) is 21.9. The van der Waals surface area contributed by atoms with Crippen molar-refractivity contribution in [3.63, 3.8) is 0 Å². The predicted octanol–water partition coefficient (Wildman–Crippen LogP) is 1.64. The third-order valence-electron chi connectivity index (χ3n) is 2.94. The monoisotopic (exact) mass is 187 g/mol. The highest BCUT2D eigenvalue weighted by Crippen LogP contribution is 2.24. The Balaban J connectivity index is 2.05. The lowest BCUT2D eigenvalue weighted by molar-refractivity contribution is 0.743. The molecule has 0 saturated carbocycles. The van der Waals surface area contributed by atoms with Crippen molar-refractivity contribution in [2.75, 3.05) is 13.1 Å². The fourth-order valence-electron chi connectivity index (χ4n) is 2.13. The van der Waals surface area contributed by atoms with Crippen molar-refractivity contribution >= 4 is 10.9 Å². The van der Waals surface area contributed by atoms with Gasteiger partial charge in [-0.2, -0.15) is 0 Å². The Kier molecular flexibility index (Phi) is 1.77. The van der Waals surface area contributed by atoms with E-state index in [0.29, 0.717) is 5.92 Å². The molecule has 1 aliphatic rings. The summed E-state index contributed by atoms with van der Waals surface area (Å²) in [5.41, 5.74) is 2.49. The van der Waals surface area contributed by atoms with Gasteiger partial charge in [-0.25, -0.2) is 0 Å². The number of hydrogen-bond acceptors (Lipinski definition) is 2. The van der Waals surface area contributed by atoms with Crippen molar-refractivity contribution in [3.05, 3.63) is 30.2 Å². The van der Waals surface area contributed by atoms with E-state index in [4.69, 9.17) is 0 Å². The van der Waals surface area contributed by atoms with Gasteiger partial charge in [-0.1, -0.05) is 0 Å². The predicted molar refractivity (Wildman–Crippen MR) is 56.3 cm³/mol. The zero-order valence-electron chi connectivity index (χ0n) is 7.96. The van der Waals surface area contributed by atoms with Crippen molar-refractivity contribution in [1.29, 1.82) is 0 Å². The number of aromatic nitrogens is 2. The number of fused-ring (bicyclic) bond motifs is 1. The molecule has 0 spiro atoms. The van der Waals surface area contributed by atoms with E-state index in [-0.39, 0.29) is 0 Å². The summed E-state index contributed by atoms with van der Waals surface area (Å²) in [4.78, 5) is 7.54. The number of H-pyrrole nitrogens is 1. The third-order valence-corrected chi connectivity index (χ3v) is 2.94. The minimum Gasteiger partial charge on any atom is -0.357 e. The number of nitrogens with zero attached hydrogens (tertiary/aromatic N) is 1. The fraction of sp³-hybridized carbons (Fsp3) is 0.364. The highest BCUT2D eigenvalue weighted by atomic mass is 14.9. The minimum atomic E-state index is 0.655. The van der Waals surface area contributed by atoms with E-state index in [0.717, 1.165) is 18.6 Å². The summed E-state index contributed by atoms with van der Waals surface area (Å²) >= 11 is 0. The molecule has 2 aromatic rings. The summed E-state index contributed by atoms with van der Waals surface area (Å²) in [7, 11) is 0. The summed E-state index contributed by atoms with van der Waals surface area (Å²) in [6.45, 7) is 2.23. The number of nitrogens with one attached hydrogen (secondary N) is 2. The van der Waals surface area contributed by atoms with E-state index in [1.165, 1.54) is 17.5 Å². The molecule has 3 heteroatoms. The molecule has 0 aromatic carbocycles. The summed E-state index contributed by atoms with van der Waals surface area (Å²) in [5.74, 6) is 0.655. The molecule has 2 N–H and O–H groups in total. The molecular weight excluding hydrogens is 174 g/mol. The zero-order chi connectivity index (χ0) is 9.38. The van der Waals surface area contributed by atoms with E-state index in [9.17, 15) is 0 Å². The second kappa shape index (κ2) is 3.10. The Morgan fingerprint density at radius 2 is 2.43 bits per heavy atom. The van der Waals surface area contributed by atoms with Gasteiger partial charge < -0.3 is 10.3 Å². The molecule has 0 radical (unpaired) electrons. The van der Waals surface area contributed by atoms with Crippen molar-refractivity contribution in [2.24, 2.45) is 0 Å². The second-order valence-electron chi connectivity index (χ2n) is 3.88. The summed E-state index contributed by atoms with van der Waals surface area (Å²) in [5, 5.41) is 4.65. The van der Waals surface area contributed by atoms with Gasteiger partial charge in [0.05, 0.1) is 11.7 Å². The van der Waals surface area contributed by atoms with E-state index in [1.54, 1.807) is 0 Å². The first-order chi connectivity index (χ1) is 6.93. The van der Waals surface area contributed by atoms with Crippen LogP contribution in [0.2, 0.25) is 0 Å². The number of hydrogen-bond donors (Lipinski definition) is 2. The van der Waals surface area contributed by atoms with Gasteiger partial charge in [0, 0.05) is 29.7 Å². The van der Waals surface area contributed by atoms with Crippen LogP contribution in [0.15, 0.2) is 24.5 Å². The number of pyridine rings is 1. The summed E-state index contributed by atoms with van der Waals surface area (Å²) in [6.07, 6.45) is 4.97. The van der Waals surface area contributed by atoms with Crippen LogP contribution in [0, 0.1) is 0 Å². The van der Waals surface area contributed by atoms with Crippen LogP contribution in [0.25, 0.3) is 10.9 Å². The molecule has 3 nitrogen and oxygen atoms in total. The van der Waals surface area contributed by atoms with Gasteiger partial charge in [0.15, 0.2) is 0 Å². The molecule has 1 unspecified atom stereocenters. The molecule has 3 heterocycles. The Morgan fingerprint density at radius 1 is 1.43 bits per heavy atom. The van der Waals surface area contributed by atoms with Crippen LogP contribution in [0.5, 0.6) is 0 Å². The van der Waals surface area contributed by atoms with Crippen molar-refractivity contribution in [1.82, 2.24) is 15.3 Å². The van der Waals surface area contributed by atoms with E-state index in [2.05, 4.69) is 27.4 Å². The maximum Gasteiger partial charge on any atom is 0.0642 e. The molecule has 1 atom stereocenters. The van der Waals surface area contributed by atoms with Crippen LogP contribution < -0.4 is 5.32 Å². The molecule has 0 amide bonds. The minimum absolute atomic E-state index is 0.655.